The lowest BCUT2D eigenvalue weighted by Crippen LogP contribution is -2.14. The summed E-state index contributed by atoms with van der Waals surface area (Å²) in [5.74, 6) is 0.767. The van der Waals surface area contributed by atoms with Crippen molar-refractivity contribution in [3.8, 4) is 11.3 Å². The zero-order valence-corrected chi connectivity index (χ0v) is 16.1. The number of hydrogen-bond donors (Lipinski definition) is 2. The predicted octanol–water partition coefficient (Wildman–Crippen LogP) is 4.06. The summed E-state index contributed by atoms with van der Waals surface area (Å²) in [5, 5.41) is 13.3. The number of aromatic nitrogens is 5. The van der Waals surface area contributed by atoms with Crippen LogP contribution in [0.4, 0.5) is 5.13 Å². The highest BCUT2D eigenvalue weighted by Gasteiger charge is 2.14. The van der Waals surface area contributed by atoms with Gasteiger partial charge in [0, 0.05) is 10.9 Å². The monoisotopic (exact) mass is 406 g/mol. The molecule has 0 spiro atoms. The fourth-order valence-corrected chi connectivity index (χ4v) is 4.39. The van der Waals surface area contributed by atoms with Gasteiger partial charge in [0.1, 0.15) is 0 Å². The Balaban J connectivity index is 1.28. The topological polar surface area (TPSA) is 88.0 Å². The number of hydrogen-bond acceptors (Lipinski definition) is 6. The minimum absolute atomic E-state index is 0.125. The largest absolute Gasteiger partial charge is 0.301 e. The molecule has 5 aromatic rings. The highest BCUT2D eigenvalue weighted by Crippen LogP contribution is 2.26. The molecule has 2 N–H and O–H groups in total. The van der Waals surface area contributed by atoms with Crippen molar-refractivity contribution < 1.29 is 4.79 Å². The molecule has 0 bridgehead atoms. The molecule has 0 fully saturated rings. The molecule has 0 saturated heterocycles. The van der Waals surface area contributed by atoms with Crippen LogP contribution in [0.1, 0.15) is 0 Å². The number of nitrogens with zero attached hydrogens (tertiary/aromatic N) is 4. The number of rotatable bonds is 5. The van der Waals surface area contributed by atoms with Gasteiger partial charge in [-0.05, 0) is 12.1 Å². The Labute approximate surface area is 167 Å². The summed E-state index contributed by atoms with van der Waals surface area (Å²) in [6.07, 6.45) is 0. The molecule has 28 heavy (non-hydrogen) atoms. The maximum Gasteiger partial charge on any atom is 0.236 e. The van der Waals surface area contributed by atoms with E-state index in [4.69, 9.17) is 0 Å². The van der Waals surface area contributed by atoms with Crippen LogP contribution in [0.3, 0.4) is 0 Å². The highest BCUT2D eigenvalue weighted by molar-refractivity contribution is 7.99. The molecule has 3 aromatic heterocycles. The second kappa shape index (κ2) is 7.10. The molecule has 1 amide bonds. The number of fused-ring (bicyclic) bond motifs is 3. The van der Waals surface area contributed by atoms with Crippen LogP contribution in [0.25, 0.3) is 28.1 Å². The van der Waals surface area contributed by atoms with Crippen LogP contribution >= 0.6 is 23.1 Å². The van der Waals surface area contributed by atoms with Gasteiger partial charge in [-0.15, -0.1) is 16.4 Å². The van der Waals surface area contributed by atoms with Gasteiger partial charge in [0.15, 0.2) is 10.3 Å². The molecule has 0 unspecified atom stereocenters. The van der Waals surface area contributed by atoms with E-state index in [2.05, 4.69) is 25.5 Å². The molecule has 138 valence electrons. The summed E-state index contributed by atoms with van der Waals surface area (Å²) < 4.78 is 1.92. The number of carbonyl (C=O) groups is 1. The van der Waals surface area contributed by atoms with Crippen molar-refractivity contribution in [3.63, 3.8) is 0 Å². The van der Waals surface area contributed by atoms with Crippen LogP contribution in [0, 0.1) is 0 Å². The van der Waals surface area contributed by atoms with Crippen LogP contribution in [0.5, 0.6) is 0 Å². The van der Waals surface area contributed by atoms with Crippen molar-refractivity contribution >= 4 is 50.9 Å². The van der Waals surface area contributed by atoms with Crippen molar-refractivity contribution in [1.82, 2.24) is 24.6 Å². The summed E-state index contributed by atoms with van der Waals surface area (Å²) in [7, 11) is 0. The van der Waals surface area contributed by atoms with Gasteiger partial charge in [0.05, 0.1) is 22.5 Å². The van der Waals surface area contributed by atoms with E-state index in [9.17, 15) is 4.79 Å². The molecule has 3 heterocycles. The van der Waals surface area contributed by atoms with Crippen molar-refractivity contribution in [2.24, 2.45) is 0 Å². The van der Waals surface area contributed by atoms with E-state index in [0.717, 1.165) is 22.3 Å². The first-order valence-electron chi connectivity index (χ1n) is 8.53. The van der Waals surface area contributed by atoms with E-state index in [0.29, 0.717) is 16.1 Å². The van der Waals surface area contributed by atoms with E-state index in [1.807, 2.05) is 64.4 Å². The van der Waals surface area contributed by atoms with E-state index in [-0.39, 0.29) is 11.7 Å². The Morgan fingerprint density at radius 1 is 1.11 bits per heavy atom. The van der Waals surface area contributed by atoms with Crippen LogP contribution in [0.15, 0.2) is 65.1 Å². The van der Waals surface area contributed by atoms with Gasteiger partial charge < -0.3 is 5.32 Å². The van der Waals surface area contributed by atoms with Crippen molar-refractivity contribution in [2.75, 3.05) is 11.1 Å². The average Bonchev–Trinajstić information content (AvgIpc) is 3.42. The van der Waals surface area contributed by atoms with E-state index in [1.165, 1.54) is 23.1 Å². The Bertz CT molecular complexity index is 1270. The molecule has 0 aliphatic rings. The molecular formula is C19H14N6OS2. The maximum atomic E-state index is 12.4. The zero-order valence-electron chi connectivity index (χ0n) is 14.5. The first-order chi connectivity index (χ1) is 13.8. The summed E-state index contributed by atoms with van der Waals surface area (Å²) in [6.45, 7) is 0. The molecule has 0 radical (unpaired) electrons. The summed E-state index contributed by atoms with van der Waals surface area (Å²) >= 11 is 2.76. The molecule has 0 atom stereocenters. The fraction of sp³-hybridized carbons (Fsp3) is 0.0526. The molecule has 5 rings (SSSR count). The van der Waals surface area contributed by atoms with Gasteiger partial charge in [0.2, 0.25) is 11.7 Å². The third kappa shape index (κ3) is 3.14. The Morgan fingerprint density at radius 2 is 1.93 bits per heavy atom. The highest BCUT2D eigenvalue weighted by atomic mass is 32.2. The molecule has 7 nitrogen and oxygen atoms in total. The maximum absolute atomic E-state index is 12.4. The predicted molar refractivity (Wildman–Crippen MR) is 112 cm³/mol. The number of amides is 1. The van der Waals surface area contributed by atoms with Gasteiger partial charge in [-0.2, -0.15) is 0 Å². The van der Waals surface area contributed by atoms with E-state index >= 15 is 0 Å². The second-order valence-corrected chi connectivity index (χ2v) is 7.81. The first kappa shape index (κ1) is 17.0. The van der Waals surface area contributed by atoms with Gasteiger partial charge in [-0.25, -0.2) is 15.1 Å². The van der Waals surface area contributed by atoms with Gasteiger partial charge >= 0.3 is 0 Å². The summed E-state index contributed by atoms with van der Waals surface area (Å²) in [6, 6.07) is 17.7. The van der Waals surface area contributed by atoms with Crippen LogP contribution in [0.2, 0.25) is 0 Å². The summed E-state index contributed by atoms with van der Waals surface area (Å²) in [5.41, 5.74) is 3.73. The van der Waals surface area contributed by atoms with E-state index in [1.54, 1.807) is 0 Å². The number of benzene rings is 2. The first-order valence-corrected chi connectivity index (χ1v) is 10.4. The Kier molecular flexibility index (Phi) is 4.30. The minimum atomic E-state index is -0.125. The average molecular weight is 406 g/mol. The molecule has 2 aromatic carbocycles. The molecule has 0 aliphatic heterocycles. The minimum Gasteiger partial charge on any atom is -0.301 e. The lowest BCUT2D eigenvalue weighted by atomic mass is 10.2. The number of carbonyl (C=O) groups excluding carboxylic acids is 1. The SMILES string of the molecule is O=C(CSc1n[nH]c2nc3ccccc3n12)Nc1nc(-c2ccccc2)cs1. The van der Waals surface area contributed by atoms with Crippen molar-refractivity contribution in [3.05, 3.63) is 60.0 Å². The number of nitrogens with one attached hydrogen (secondary N) is 2. The molecule has 0 saturated carbocycles. The number of imidazole rings is 1. The normalized spacial score (nSPS) is 11.3. The quantitative estimate of drug-likeness (QED) is 0.430. The lowest BCUT2D eigenvalue weighted by molar-refractivity contribution is -0.113. The van der Waals surface area contributed by atoms with Gasteiger partial charge in [-0.3, -0.25) is 9.20 Å². The molecular weight excluding hydrogens is 392 g/mol. The molecule has 9 heteroatoms. The lowest BCUT2D eigenvalue weighted by Gasteiger charge is -2.01. The van der Waals surface area contributed by atoms with Crippen molar-refractivity contribution in [1.29, 1.82) is 0 Å². The van der Waals surface area contributed by atoms with Crippen molar-refractivity contribution in [2.45, 2.75) is 5.16 Å². The number of para-hydroxylation sites is 2. The Hall–Kier alpha value is -3.17. The number of H-pyrrole nitrogens is 1. The van der Waals surface area contributed by atoms with Crippen LogP contribution in [-0.2, 0) is 4.79 Å². The van der Waals surface area contributed by atoms with Crippen LogP contribution < -0.4 is 5.32 Å². The zero-order chi connectivity index (χ0) is 18.9. The van der Waals surface area contributed by atoms with Gasteiger partial charge in [-0.1, -0.05) is 54.2 Å². The standard InChI is InChI=1S/C19H14N6OS2/c26-16(22-18-21-14(10-27-18)12-6-2-1-3-7-12)11-28-19-24-23-17-20-13-8-4-5-9-15(13)25(17)19/h1-10H,11H2,(H,20,23)(H,21,22,26). The molecule has 0 aliphatic carbocycles. The fourth-order valence-electron chi connectivity index (χ4n) is 2.90. The van der Waals surface area contributed by atoms with Gasteiger partial charge in [0.25, 0.3) is 0 Å². The number of anilines is 1. The number of thioether (sulfide) groups is 1. The Morgan fingerprint density at radius 3 is 2.82 bits per heavy atom. The third-order valence-corrected chi connectivity index (χ3v) is 5.85. The summed E-state index contributed by atoms with van der Waals surface area (Å²) in [4.78, 5) is 21.3. The smallest absolute Gasteiger partial charge is 0.236 e. The second-order valence-electron chi connectivity index (χ2n) is 6.01. The third-order valence-electron chi connectivity index (χ3n) is 4.16. The van der Waals surface area contributed by atoms with E-state index < -0.39 is 0 Å². The number of aromatic amines is 1. The number of thiazole rings is 1. The van der Waals surface area contributed by atoms with Crippen LogP contribution in [-0.4, -0.2) is 36.2 Å².